The summed E-state index contributed by atoms with van der Waals surface area (Å²) in [5.74, 6) is -0.166. The maximum absolute atomic E-state index is 12.1. The van der Waals surface area contributed by atoms with Gasteiger partial charge in [-0.2, -0.15) is 0 Å². The Kier molecular flexibility index (Phi) is 5.27. The third-order valence-corrected chi connectivity index (χ3v) is 5.16. The van der Waals surface area contributed by atoms with Crippen LogP contribution in [-0.2, 0) is 0 Å². The van der Waals surface area contributed by atoms with Crippen molar-refractivity contribution in [3.8, 4) is 0 Å². The quantitative estimate of drug-likeness (QED) is 0.780. The second-order valence-corrected chi connectivity index (χ2v) is 6.92. The molecule has 1 aliphatic rings. The molecule has 1 saturated carbocycles. The number of thiophene rings is 1. The minimum absolute atomic E-state index is 0.151. The molecule has 1 aliphatic carbocycles. The second-order valence-electron chi connectivity index (χ2n) is 5.98. The van der Waals surface area contributed by atoms with Crippen LogP contribution in [0.1, 0.15) is 39.3 Å². The topological polar surface area (TPSA) is 78.4 Å². The highest BCUT2D eigenvalue weighted by atomic mass is 32.1. The van der Waals surface area contributed by atoms with E-state index in [-0.39, 0.29) is 23.8 Å². The number of amides is 2. The summed E-state index contributed by atoms with van der Waals surface area (Å²) in [4.78, 5) is 24.8. The first-order valence-electron chi connectivity index (χ1n) is 8.04. The molecule has 126 valence electrons. The van der Waals surface area contributed by atoms with Gasteiger partial charge in [0.25, 0.3) is 11.8 Å². The average molecular weight is 344 g/mol. The van der Waals surface area contributed by atoms with E-state index in [1.165, 1.54) is 11.3 Å². The van der Waals surface area contributed by atoms with Crippen molar-refractivity contribution in [3.63, 3.8) is 0 Å². The Hall–Kier alpha value is -2.18. The summed E-state index contributed by atoms with van der Waals surface area (Å²) in [7, 11) is 0. The fraction of sp³-hybridized carbons (Fsp3) is 0.333. The summed E-state index contributed by atoms with van der Waals surface area (Å²) in [6.45, 7) is 0.497. The molecule has 1 aromatic carbocycles. The molecule has 24 heavy (non-hydrogen) atoms. The molecule has 0 bridgehead atoms. The molecular weight excluding hydrogens is 324 g/mol. The number of rotatable bonds is 5. The number of carbonyl (C=O) groups excluding carboxylic acids is 2. The molecule has 0 radical (unpaired) electrons. The third kappa shape index (κ3) is 4.01. The molecule has 0 spiro atoms. The van der Waals surface area contributed by atoms with Gasteiger partial charge in [-0.1, -0.05) is 12.5 Å². The summed E-state index contributed by atoms with van der Waals surface area (Å²) >= 11 is 1.38. The first kappa shape index (κ1) is 16.7. The molecule has 6 heteroatoms. The molecule has 1 fully saturated rings. The number of carbonyl (C=O) groups is 2. The van der Waals surface area contributed by atoms with Crippen LogP contribution in [0.2, 0.25) is 0 Å². The molecule has 2 unspecified atom stereocenters. The fourth-order valence-electron chi connectivity index (χ4n) is 2.89. The molecule has 1 heterocycles. The van der Waals surface area contributed by atoms with Crippen molar-refractivity contribution in [2.24, 2.45) is 5.92 Å². The minimum Gasteiger partial charge on any atom is -0.393 e. The predicted octanol–water partition coefficient (Wildman–Crippen LogP) is 2.89. The summed E-state index contributed by atoms with van der Waals surface area (Å²) in [6.07, 6.45) is 2.48. The van der Waals surface area contributed by atoms with Gasteiger partial charge in [-0.3, -0.25) is 9.59 Å². The molecular formula is C18H20N2O3S. The summed E-state index contributed by atoms with van der Waals surface area (Å²) < 4.78 is 0. The van der Waals surface area contributed by atoms with E-state index in [1.54, 1.807) is 30.3 Å². The van der Waals surface area contributed by atoms with Crippen LogP contribution in [0.5, 0.6) is 0 Å². The lowest BCUT2D eigenvalue weighted by atomic mass is 10.1. The number of aliphatic hydroxyl groups is 1. The fourth-order valence-corrected chi connectivity index (χ4v) is 3.51. The van der Waals surface area contributed by atoms with Gasteiger partial charge in [0.1, 0.15) is 0 Å². The zero-order chi connectivity index (χ0) is 16.9. The lowest BCUT2D eigenvalue weighted by Gasteiger charge is -2.15. The van der Waals surface area contributed by atoms with Gasteiger partial charge < -0.3 is 15.7 Å². The van der Waals surface area contributed by atoms with Crippen molar-refractivity contribution >= 4 is 28.8 Å². The standard InChI is InChI=1S/C18H20N2O3S/c21-15-4-1-3-13(15)11-19-17(22)12-6-8-14(9-7-12)20-18(23)16-5-2-10-24-16/h2,5-10,13,15,21H,1,3-4,11H2,(H,19,22)(H,20,23). The van der Waals surface area contributed by atoms with Crippen molar-refractivity contribution < 1.29 is 14.7 Å². The van der Waals surface area contributed by atoms with E-state index in [4.69, 9.17) is 0 Å². The van der Waals surface area contributed by atoms with Crippen molar-refractivity contribution in [3.05, 3.63) is 52.2 Å². The maximum atomic E-state index is 12.1. The van der Waals surface area contributed by atoms with Gasteiger partial charge in [0.2, 0.25) is 0 Å². The SMILES string of the molecule is O=C(NCC1CCCC1O)c1ccc(NC(=O)c2cccs2)cc1. The Morgan fingerprint density at radius 3 is 2.54 bits per heavy atom. The van der Waals surface area contributed by atoms with E-state index in [9.17, 15) is 14.7 Å². The molecule has 2 aromatic rings. The molecule has 2 amide bonds. The Bertz CT molecular complexity index is 698. The zero-order valence-corrected chi connectivity index (χ0v) is 14.0. The summed E-state index contributed by atoms with van der Waals surface area (Å²) in [6, 6.07) is 10.4. The van der Waals surface area contributed by atoms with Crippen LogP contribution in [0.25, 0.3) is 0 Å². The monoisotopic (exact) mass is 344 g/mol. The van der Waals surface area contributed by atoms with Crippen LogP contribution < -0.4 is 10.6 Å². The first-order chi connectivity index (χ1) is 11.6. The smallest absolute Gasteiger partial charge is 0.265 e. The van der Waals surface area contributed by atoms with E-state index in [1.807, 2.05) is 11.4 Å². The normalized spacial score (nSPS) is 19.9. The van der Waals surface area contributed by atoms with Gasteiger partial charge in [0, 0.05) is 23.7 Å². The van der Waals surface area contributed by atoms with Crippen LogP contribution in [0.4, 0.5) is 5.69 Å². The minimum atomic E-state index is -0.305. The highest BCUT2D eigenvalue weighted by Gasteiger charge is 2.25. The molecule has 1 aromatic heterocycles. The summed E-state index contributed by atoms with van der Waals surface area (Å²) in [5.41, 5.74) is 1.19. The average Bonchev–Trinajstić information content (AvgIpc) is 3.25. The molecule has 3 rings (SSSR count). The zero-order valence-electron chi connectivity index (χ0n) is 13.2. The Morgan fingerprint density at radius 2 is 1.92 bits per heavy atom. The van der Waals surface area contributed by atoms with Crippen LogP contribution in [0.3, 0.4) is 0 Å². The van der Waals surface area contributed by atoms with E-state index in [0.717, 1.165) is 19.3 Å². The third-order valence-electron chi connectivity index (χ3n) is 4.29. The molecule has 5 nitrogen and oxygen atoms in total. The number of benzene rings is 1. The van der Waals surface area contributed by atoms with Crippen LogP contribution in [0, 0.1) is 5.92 Å². The van der Waals surface area contributed by atoms with Gasteiger partial charge >= 0.3 is 0 Å². The lowest BCUT2D eigenvalue weighted by Crippen LogP contribution is -2.32. The highest BCUT2D eigenvalue weighted by molar-refractivity contribution is 7.12. The van der Waals surface area contributed by atoms with Gasteiger partial charge in [0.15, 0.2) is 0 Å². The van der Waals surface area contributed by atoms with Gasteiger partial charge in [-0.25, -0.2) is 0 Å². The van der Waals surface area contributed by atoms with E-state index in [2.05, 4.69) is 10.6 Å². The van der Waals surface area contributed by atoms with Crippen molar-refractivity contribution in [1.82, 2.24) is 5.32 Å². The van der Waals surface area contributed by atoms with Crippen molar-refractivity contribution in [1.29, 1.82) is 0 Å². The van der Waals surface area contributed by atoms with Crippen LogP contribution >= 0.6 is 11.3 Å². The molecule has 3 N–H and O–H groups in total. The van der Waals surface area contributed by atoms with Gasteiger partial charge in [-0.15, -0.1) is 11.3 Å². The van der Waals surface area contributed by atoms with E-state index >= 15 is 0 Å². The lowest BCUT2D eigenvalue weighted by molar-refractivity contribution is 0.0916. The van der Waals surface area contributed by atoms with Gasteiger partial charge in [-0.05, 0) is 48.6 Å². The Balaban J connectivity index is 1.53. The van der Waals surface area contributed by atoms with Crippen LogP contribution in [0.15, 0.2) is 41.8 Å². The Morgan fingerprint density at radius 1 is 1.12 bits per heavy atom. The van der Waals surface area contributed by atoms with E-state index < -0.39 is 0 Å². The van der Waals surface area contributed by atoms with Crippen molar-refractivity contribution in [2.75, 3.05) is 11.9 Å². The van der Waals surface area contributed by atoms with E-state index in [0.29, 0.717) is 22.7 Å². The van der Waals surface area contributed by atoms with Crippen LogP contribution in [-0.4, -0.2) is 29.6 Å². The largest absolute Gasteiger partial charge is 0.393 e. The molecule has 0 saturated heterocycles. The van der Waals surface area contributed by atoms with Crippen molar-refractivity contribution in [2.45, 2.75) is 25.4 Å². The number of aliphatic hydroxyl groups excluding tert-OH is 1. The number of nitrogens with one attached hydrogen (secondary N) is 2. The van der Waals surface area contributed by atoms with Gasteiger partial charge in [0.05, 0.1) is 11.0 Å². The maximum Gasteiger partial charge on any atom is 0.265 e. The summed E-state index contributed by atoms with van der Waals surface area (Å²) in [5, 5.41) is 17.3. The first-order valence-corrected chi connectivity index (χ1v) is 8.92. The highest BCUT2D eigenvalue weighted by Crippen LogP contribution is 2.24. The number of hydrogen-bond acceptors (Lipinski definition) is 4. The Labute approximate surface area is 144 Å². The molecule has 0 aliphatic heterocycles. The number of hydrogen-bond donors (Lipinski definition) is 3. The predicted molar refractivity (Wildman–Crippen MR) is 94.4 cm³/mol. The molecule has 2 atom stereocenters. The number of anilines is 1. The second kappa shape index (κ2) is 7.59.